The number of aryl methyl sites for hydroxylation is 1. The van der Waals surface area contributed by atoms with Gasteiger partial charge in [0.05, 0.1) is 0 Å². The number of aromatic nitrogens is 3. The van der Waals surface area contributed by atoms with Crippen LogP contribution in [0, 0.1) is 6.92 Å². The zero-order valence-electron chi connectivity index (χ0n) is 7.36. The summed E-state index contributed by atoms with van der Waals surface area (Å²) < 4.78 is 4.76. The Balaban J connectivity index is 2.22. The number of benzene rings is 1. The highest BCUT2D eigenvalue weighted by Gasteiger charge is 2.00. The van der Waals surface area contributed by atoms with E-state index in [1.54, 1.807) is 0 Å². The number of hydrogen-bond acceptors (Lipinski definition) is 5. The van der Waals surface area contributed by atoms with Crippen LogP contribution in [0.5, 0.6) is 0 Å². The summed E-state index contributed by atoms with van der Waals surface area (Å²) in [5, 5.41) is 11.1. The SMILES string of the molecule is Cc1cc(Nc2nnns2)ccc1Br. The lowest BCUT2D eigenvalue weighted by Crippen LogP contribution is -1.90. The van der Waals surface area contributed by atoms with E-state index in [1.807, 2.05) is 25.1 Å². The van der Waals surface area contributed by atoms with E-state index < -0.39 is 0 Å². The fourth-order valence-corrected chi connectivity index (χ4v) is 1.66. The van der Waals surface area contributed by atoms with Gasteiger partial charge >= 0.3 is 0 Å². The lowest BCUT2D eigenvalue weighted by atomic mass is 10.2. The second-order valence-corrected chi connectivity index (χ2v) is 4.34. The van der Waals surface area contributed by atoms with E-state index in [0.29, 0.717) is 5.13 Å². The average molecular weight is 271 g/mol. The first-order chi connectivity index (χ1) is 6.75. The number of halogens is 1. The number of hydrogen-bond donors (Lipinski definition) is 1. The van der Waals surface area contributed by atoms with Crippen LogP contribution in [-0.2, 0) is 0 Å². The van der Waals surface area contributed by atoms with Crippen LogP contribution in [0.2, 0.25) is 0 Å². The third-order valence-corrected chi connectivity index (χ3v) is 3.11. The van der Waals surface area contributed by atoms with Gasteiger partial charge in [0, 0.05) is 21.7 Å². The summed E-state index contributed by atoms with van der Waals surface area (Å²) in [5.41, 5.74) is 2.16. The first-order valence-corrected chi connectivity index (χ1v) is 5.50. The third-order valence-electron chi connectivity index (χ3n) is 1.71. The van der Waals surface area contributed by atoms with E-state index in [0.717, 1.165) is 10.2 Å². The standard InChI is InChI=1S/C8H7BrN4S/c1-5-4-6(2-3-7(5)9)10-8-11-12-13-14-8/h2-4H,1H3,(H,10,11,13). The zero-order valence-corrected chi connectivity index (χ0v) is 9.76. The first kappa shape index (κ1) is 9.54. The predicted molar refractivity (Wildman–Crippen MR) is 59.9 cm³/mol. The lowest BCUT2D eigenvalue weighted by molar-refractivity contribution is 0.961. The topological polar surface area (TPSA) is 50.7 Å². The van der Waals surface area contributed by atoms with Crippen molar-refractivity contribution in [2.24, 2.45) is 0 Å². The molecule has 0 spiro atoms. The summed E-state index contributed by atoms with van der Waals surface area (Å²) in [5.74, 6) is 0. The number of rotatable bonds is 2. The van der Waals surface area contributed by atoms with Crippen molar-refractivity contribution in [2.75, 3.05) is 5.32 Å². The van der Waals surface area contributed by atoms with Crippen LogP contribution in [0.3, 0.4) is 0 Å². The highest BCUT2D eigenvalue weighted by atomic mass is 79.9. The Morgan fingerprint density at radius 1 is 1.43 bits per heavy atom. The fourth-order valence-electron chi connectivity index (χ4n) is 1.03. The molecule has 1 heterocycles. The van der Waals surface area contributed by atoms with Gasteiger partial charge in [0.15, 0.2) is 0 Å². The molecule has 1 aromatic carbocycles. The molecule has 0 fully saturated rings. The third kappa shape index (κ3) is 2.08. The van der Waals surface area contributed by atoms with Crippen molar-refractivity contribution in [3.8, 4) is 0 Å². The largest absolute Gasteiger partial charge is 0.329 e. The number of nitrogens with zero attached hydrogens (tertiary/aromatic N) is 3. The molecule has 1 aromatic heterocycles. The molecular weight excluding hydrogens is 264 g/mol. The minimum atomic E-state index is 0.701. The molecule has 2 rings (SSSR count). The zero-order chi connectivity index (χ0) is 9.97. The Hall–Kier alpha value is -1.01. The van der Waals surface area contributed by atoms with E-state index >= 15 is 0 Å². The molecule has 2 aromatic rings. The summed E-state index contributed by atoms with van der Waals surface area (Å²) in [7, 11) is 0. The molecular formula is C8H7BrN4S. The van der Waals surface area contributed by atoms with Crippen LogP contribution in [0.4, 0.5) is 10.8 Å². The van der Waals surface area contributed by atoms with E-state index in [2.05, 4.69) is 36.0 Å². The summed E-state index contributed by atoms with van der Waals surface area (Å²) in [6.07, 6.45) is 0. The Kier molecular flexibility index (Phi) is 2.74. The summed E-state index contributed by atoms with van der Waals surface area (Å²) in [6, 6.07) is 6.00. The van der Waals surface area contributed by atoms with E-state index in [9.17, 15) is 0 Å². The molecule has 0 unspecified atom stereocenters. The molecule has 14 heavy (non-hydrogen) atoms. The molecule has 0 saturated heterocycles. The van der Waals surface area contributed by atoms with Crippen molar-refractivity contribution < 1.29 is 0 Å². The lowest BCUT2D eigenvalue weighted by Gasteiger charge is -2.03. The van der Waals surface area contributed by atoms with Crippen LogP contribution < -0.4 is 5.32 Å². The Morgan fingerprint density at radius 3 is 2.93 bits per heavy atom. The van der Waals surface area contributed by atoms with Gasteiger partial charge < -0.3 is 5.32 Å². The molecule has 0 amide bonds. The molecule has 4 nitrogen and oxygen atoms in total. The summed E-state index contributed by atoms with van der Waals surface area (Å²) >= 11 is 4.67. The van der Waals surface area contributed by atoms with Crippen molar-refractivity contribution >= 4 is 38.3 Å². The number of anilines is 2. The van der Waals surface area contributed by atoms with Gasteiger partial charge in [0.25, 0.3) is 0 Å². The minimum Gasteiger partial charge on any atom is -0.329 e. The molecule has 0 saturated carbocycles. The van der Waals surface area contributed by atoms with Gasteiger partial charge in [-0.2, -0.15) is 0 Å². The van der Waals surface area contributed by atoms with Gasteiger partial charge in [-0.25, -0.2) is 0 Å². The predicted octanol–water partition coefficient (Wildman–Crippen LogP) is 2.75. The van der Waals surface area contributed by atoms with Gasteiger partial charge in [0.1, 0.15) is 0 Å². The molecule has 6 heteroatoms. The Bertz CT molecular complexity index is 429. The Labute approximate surface area is 93.6 Å². The second kappa shape index (κ2) is 4.02. The fraction of sp³-hybridized carbons (Fsp3) is 0.125. The van der Waals surface area contributed by atoms with Crippen molar-refractivity contribution in [3.05, 3.63) is 28.2 Å². The normalized spacial score (nSPS) is 10.1. The highest BCUT2D eigenvalue weighted by Crippen LogP contribution is 2.22. The minimum absolute atomic E-state index is 0.701. The monoisotopic (exact) mass is 270 g/mol. The van der Waals surface area contributed by atoms with E-state index in [4.69, 9.17) is 0 Å². The van der Waals surface area contributed by atoms with E-state index in [-0.39, 0.29) is 0 Å². The van der Waals surface area contributed by atoms with Gasteiger partial charge in [-0.1, -0.05) is 25.5 Å². The first-order valence-electron chi connectivity index (χ1n) is 3.94. The van der Waals surface area contributed by atoms with Crippen LogP contribution in [0.25, 0.3) is 0 Å². The Morgan fingerprint density at radius 2 is 2.29 bits per heavy atom. The highest BCUT2D eigenvalue weighted by molar-refractivity contribution is 9.10. The molecule has 0 aliphatic carbocycles. The molecule has 1 N–H and O–H groups in total. The smallest absolute Gasteiger partial charge is 0.229 e. The van der Waals surface area contributed by atoms with Gasteiger partial charge in [-0.3, -0.25) is 0 Å². The van der Waals surface area contributed by atoms with Gasteiger partial charge in [0.2, 0.25) is 5.13 Å². The molecule has 0 atom stereocenters. The van der Waals surface area contributed by atoms with Crippen molar-refractivity contribution in [1.82, 2.24) is 14.8 Å². The number of nitrogens with one attached hydrogen (secondary N) is 1. The van der Waals surface area contributed by atoms with Crippen molar-refractivity contribution in [2.45, 2.75) is 6.92 Å². The second-order valence-electron chi connectivity index (χ2n) is 2.76. The van der Waals surface area contributed by atoms with Crippen molar-refractivity contribution in [1.29, 1.82) is 0 Å². The molecule has 72 valence electrons. The maximum absolute atomic E-state index is 3.80. The van der Waals surface area contributed by atoms with Gasteiger partial charge in [-0.15, -0.1) is 0 Å². The van der Waals surface area contributed by atoms with Crippen LogP contribution in [0.15, 0.2) is 22.7 Å². The van der Waals surface area contributed by atoms with E-state index in [1.165, 1.54) is 17.1 Å². The maximum Gasteiger partial charge on any atom is 0.229 e. The maximum atomic E-state index is 3.80. The molecule has 0 aliphatic heterocycles. The van der Waals surface area contributed by atoms with Gasteiger partial charge in [-0.05, 0) is 35.9 Å². The van der Waals surface area contributed by atoms with Crippen LogP contribution in [-0.4, -0.2) is 14.8 Å². The van der Waals surface area contributed by atoms with Crippen LogP contribution in [0.1, 0.15) is 5.56 Å². The van der Waals surface area contributed by atoms with Crippen molar-refractivity contribution in [3.63, 3.8) is 0 Å². The molecule has 0 bridgehead atoms. The summed E-state index contributed by atoms with van der Waals surface area (Å²) in [4.78, 5) is 0. The summed E-state index contributed by atoms with van der Waals surface area (Å²) in [6.45, 7) is 2.04. The average Bonchev–Trinajstić information content (AvgIpc) is 2.64. The quantitative estimate of drug-likeness (QED) is 0.912. The molecule has 0 radical (unpaired) electrons. The molecule has 0 aliphatic rings. The van der Waals surface area contributed by atoms with Crippen LogP contribution >= 0.6 is 27.5 Å².